The summed E-state index contributed by atoms with van der Waals surface area (Å²) < 4.78 is 0. The first-order valence-electron chi connectivity index (χ1n) is 6.38. The summed E-state index contributed by atoms with van der Waals surface area (Å²) in [6.45, 7) is 5.67. The van der Waals surface area contributed by atoms with Crippen molar-refractivity contribution in [3.8, 4) is 0 Å². The Labute approximate surface area is 94.7 Å². The molecule has 0 amide bonds. The van der Waals surface area contributed by atoms with E-state index in [9.17, 15) is 5.11 Å². The Balaban J connectivity index is 2.12. The average molecular weight is 213 g/mol. The fraction of sp³-hybridized carbons (Fsp3) is 1.00. The Kier molecular flexibility index (Phi) is 5.07. The molecule has 0 aromatic carbocycles. The van der Waals surface area contributed by atoms with Gasteiger partial charge in [0.25, 0.3) is 0 Å². The van der Waals surface area contributed by atoms with Gasteiger partial charge < -0.3 is 10.0 Å². The van der Waals surface area contributed by atoms with E-state index >= 15 is 0 Å². The minimum absolute atomic E-state index is 0.554. The van der Waals surface area contributed by atoms with Crippen LogP contribution in [0.2, 0.25) is 0 Å². The van der Waals surface area contributed by atoms with E-state index in [0.717, 1.165) is 19.0 Å². The highest BCUT2D eigenvalue weighted by atomic mass is 16.3. The molecule has 1 aliphatic carbocycles. The number of aliphatic hydroxyl groups is 1. The highest BCUT2D eigenvalue weighted by molar-refractivity contribution is 4.72. The minimum atomic E-state index is -0.554. The van der Waals surface area contributed by atoms with Crippen molar-refractivity contribution < 1.29 is 5.11 Å². The van der Waals surface area contributed by atoms with Gasteiger partial charge in [-0.25, -0.2) is 0 Å². The van der Waals surface area contributed by atoms with Gasteiger partial charge in [-0.2, -0.15) is 0 Å². The molecular weight excluding hydrogens is 186 g/mol. The molecule has 0 bridgehead atoms. The summed E-state index contributed by atoms with van der Waals surface area (Å²) in [7, 11) is 2.11. The fourth-order valence-electron chi connectivity index (χ4n) is 2.62. The van der Waals surface area contributed by atoms with Gasteiger partial charge in [-0.1, -0.05) is 32.1 Å². The third-order valence-electron chi connectivity index (χ3n) is 3.30. The van der Waals surface area contributed by atoms with E-state index in [2.05, 4.69) is 11.9 Å². The Morgan fingerprint density at radius 3 is 2.33 bits per heavy atom. The number of likely N-dealkylation sites (N-methyl/N-ethyl adjacent to an activating group) is 1. The van der Waals surface area contributed by atoms with Crippen molar-refractivity contribution in [1.29, 1.82) is 0 Å². The van der Waals surface area contributed by atoms with Gasteiger partial charge in [0.15, 0.2) is 0 Å². The van der Waals surface area contributed by atoms with Crippen LogP contribution in [0.5, 0.6) is 0 Å². The van der Waals surface area contributed by atoms with Gasteiger partial charge in [-0.15, -0.1) is 0 Å². The maximum Gasteiger partial charge on any atom is 0.0718 e. The summed E-state index contributed by atoms with van der Waals surface area (Å²) >= 11 is 0. The quantitative estimate of drug-likeness (QED) is 0.759. The van der Waals surface area contributed by atoms with Crippen molar-refractivity contribution in [2.24, 2.45) is 5.92 Å². The van der Waals surface area contributed by atoms with Crippen LogP contribution in [-0.4, -0.2) is 35.7 Å². The van der Waals surface area contributed by atoms with E-state index in [0.29, 0.717) is 0 Å². The van der Waals surface area contributed by atoms with E-state index in [-0.39, 0.29) is 0 Å². The molecule has 0 unspecified atom stereocenters. The first-order chi connectivity index (χ1) is 6.97. The predicted molar refractivity (Wildman–Crippen MR) is 65.0 cm³/mol. The summed E-state index contributed by atoms with van der Waals surface area (Å²) in [4.78, 5) is 2.26. The van der Waals surface area contributed by atoms with Crippen LogP contribution in [0, 0.1) is 5.92 Å². The molecule has 0 aliphatic heterocycles. The molecule has 0 aromatic heterocycles. The molecule has 1 N–H and O–H groups in total. The standard InChI is InChI=1S/C13H27NO/c1-13(2,15)11-14(3)10-9-12-7-5-4-6-8-12/h12,15H,4-11H2,1-3H3. The van der Waals surface area contributed by atoms with Gasteiger partial charge in [0.05, 0.1) is 5.60 Å². The van der Waals surface area contributed by atoms with Crippen LogP contribution in [0.1, 0.15) is 52.4 Å². The molecule has 0 atom stereocenters. The smallest absolute Gasteiger partial charge is 0.0718 e. The van der Waals surface area contributed by atoms with Crippen LogP contribution in [0.25, 0.3) is 0 Å². The van der Waals surface area contributed by atoms with Crippen molar-refractivity contribution >= 4 is 0 Å². The molecule has 0 saturated heterocycles. The van der Waals surface area contributed by atoms with Crippen LogP contribution in [0.15, 0.2) is 0 Å². The molecule has 90 valence electrons. The summed E-state index contributed by atoms with van der Waals surface area (Å²) in [5.41, 5.74) is -0.554. The lowest BCUT2D eigenvalue weighted by Gasteiger charge is -2.28. The Bertz CT molecular complexity index is 168. The first-order valence-corrected chi connectivity index (χ1v) is 6.38. The van der Waals surface area contributed by atoms with Crippen molar-refractivity contribution in [2.75, 3.05) is 20.1 Å². The third kappa shape index (κ3) is 6.16. The van der Waals surface area contributed by atoms with E-state index in [1.54, 1.807) is 0 Å². The Morgan fingerprint density at radius 1 is 1.20 bits per heavy atom. The molecule has 0 heterocycles. The van der Waals surface area contributed by atoms with Crippen molar-refractivity contribution in [3.63, 3.8) is 0 Å². The number of rotatable bonds is 5. The number of hydrogen-bond donors (Lipinski definition) is 1. The lowest BCUT2D eigenvalue weighted by atomic mass is 9.87. The van der Waals surface area contributed by atoms with Crippen molar-refractivity contribution in [2.45, 2.75) is 58.0 Å². The first kappa shape index (κ1) is 13.0. The number of nitrogens with zero attached hydrogens (tertiary/aromatic N) is 1. The largest absolute Gasteiger partial charge is 0.389 e. The van der Waals surface area contributed by atoms with Crippen LogP contribution in [0.4, 0.5) is 0 Å². The Morgan fingerprint density at radius 2 is 1.80 bits per heavy atom. The highest BCUT2D eigenvalue weighted by Gasteiger charge is 2.17. The summed E-state index contributed by atoms with van der Waals surface area (Å²) in [6.07, 6.45) is 8.47. The lowest BCUT2D eigenvalue weighted by Crippen LogP contribution is -2.37. The normalized spacial score (nSPS) is 19.8. The predicted octanol–water partition coefficient (Wildman–Crippen LogP) is 2.66. The van der Waals surface area contributed by atoms with E-state index < -0.39 is 5.60 Å². The Hall–Kier alpha value is -0.0800. The van der Waals surface area contributed by atoms with Gasteiger partial charge in [0.2, 0.25) is 0 Å². The summed E-state index contributed by atoms with van der Waals surface area (Å²) in [6, 6.07) is 0. The average Bonchev–Trinajstić information content (AvgIpc) is 2.14. The molecule has 15 heavy (non-hydrogen) atoms. The summed E-state index contributed by atoms with van der Waals surface area (Å²) in [5, 5.41) is 9.68. The fourth-order valence-corrected chi connectivity index (χ4v) is 2.62. The molecule has 0 radical (unpaired) electrons. The molecule has 0 aromatic rings. The van der Waals surface area contributed by atoms with E-state index in [4.69, 9.17) is 0 Å². The van der Waals surface area contributed by atoms with E-state index in [1.165, 1.54) is 38.5 Å². The number of hydrogen-bond acceptors (Lipinski definition) is 2. The van der Waals surface area contributed by atoms with Gasteiger partial charge in [0.1, 0.15) is 0 Å². The van der Waals surface area contributed by atoms with Crippen LogP contribution < -0.4 is 0 Å². The molecule has 1 fully saturated rings. The zero-order valence-corrected chi connectivity index (χ0v) is 10.6. The van der Waals surface area contributed by atoms with Gasteiger partial charge in [-0.3, -0.25) is 0 Å². The zero-order chi connectivity index (χ0) is 11.3. The maximum atomic E-state index is 9.68. The lowest BCUT2D eigenvalue weighted by molar-refractivity contribution is 0.0426. The minimum Gasteiger partial charge on any atom is -0.389 e. The topological polar surface area (TPSA) is 23.5 Å². The summed E-state index contributed by atoms with van der Waals surface area (Å²) in [5.74, 6) is 0.947. The molecule has 0 spiro atoms. The second-order valence-electron chi connectivity index (χ2n) is 5.84. The van der Waals surface area contributed by atoms with Gasteiger partial charge >= 0.3 is 0 Å². The second-order valence-corrected chi connectivity index (χ2v) is 5.84. The van der Waals surface area contributed by atoms with Crippen LogP contribution in [-0.2, 0) is 0 Å². The molecule has 1 rings (SSSR count). The third-order valence-corrected chi connectivity index (χ3v) is 3.30. The van der Waals surface area contributed by atoms with Gasteiger partial charge in [-0.05, 0) is 39.8 Å². The maximum absolute atomic E-state index is 9.68. The highest BCUT2D eigenvalue weighted by Crippen LogP contribution is 2.26. The van der Waals surface area contributed by atoms with Crippen LogP contribution >= 0.6 is 0 Å². The SMILES string of the molecule is CN(CCC1CCCCC1)CC(C)(C)O. The van der Waals surface area contributed by atoms with E-state index in [1.807, 2.05) is 13.8 Å². The second kappa shape index (κ2) is 5.86. The molecule has 1 saturated carbocycles. The van der Waals surface area contributed by atoms with Crippen LogP contribution in [0.3, 0.4) is 0 Å². The molecular formula is C13H27NO. The van der Waals surface area contributed by atoms with Crippen molar-refractivity contribution in [1.82, 2.24) is 4.90 Å². The zero-order valence-electron chi connectivity index (χ0n) is 10.6. The van der Waals surface area contributed by atoms with Crippen molar-refractivity contribution in [3.05, 3.63) is 0 Å². The molecule has 2 nitrogen and oxygen atoms in total. The molecule has 2 heteroatoms. The monoisotopic (exact) mass is 213 g/mol. The molecule has 1 aliphatic rings. The van der Waals surface area contributed by atoms with Gasteiger partial charge in [0, 0.05) is 6.54 Å².